The number of thiophene rings is 1. The van der Waals surface area contributed by atoms with E-state index in [0.29, 0.717) is 10.4 Å². The highest BCUT2D eigenvalue weighted by atomic mass is 32.1. The summed E-state index contributed by atoms with van der Waals surface area (Å²) < 4.78 is 13.8. The third kappa shape index (κ3) is 1.93. The summed E-state index contributed by atoms with van der Waals surface area (Å²) in [4.78, 5) is 12.7. The fourth-order valence-electron chi connectivity index (χ4n) is 2.12. The zero-order valence-electron chi connectivity index (χ0n) is 9.65. The molecule has 0 saturated heterocycles. The quantitative estimate of drug-likeness (QED) is 0.902. The molecule has 1 aromatic carbocycles. The SMILES string of the molecule is O=C(NC1(c2ccccc2F)CC1)c1cccs1. The van der Waals surface area contributed by atoms with Crippen molar-refractivity contribution >= 4 is 17.2 Å². The van der Waals surface area contributed by atoms with Gasteiger partial charge in [0.1, 0.15) is 5.82 Å². The normalized spacial score (nSPS) is 16.3. The lowest BCUT2D eigenvalue weighted by atomic mass is 10.0. The topological polar surface area (TPSA) is 29.1 Å². The van der Waals surface area contributed by atoms with Crippen molar-refractivity contribution in [1.82, 2.24) is 5.32 Å². The summed E-state index contributed by atoms with van der Waals surface area (Å²) in [5.41, 5.74) is 0.0989. The Bertz CT molecular complexity index is 575. The molecule has 1 amide bonds. The van der Waals surface area contributed by atoms with Crippen LogP contribution in [-0.4, -0.2) is 5.91 Å². The lowest BCUT2D eigenvalue weighted by Gasteiger charge is -2.18. The van der Waals surface area contributed by atoms with Gasteiger partial charge < -0.3 is 5.32 Å². The molecule has 0 atom stereocenters. The van der Waals surface area contributed by atoms with Gasteiger partial charge in [0.2, 0.25) is 0 Å². The lowest BCUT2D eigenvalue weighted by Crippen LogP contribution is -2.35. The fourth-order valence-corrected chi connectivity index (χ4v) is 2.74. The first kappa shape index (κ1) is 11.4. The summed E-state index contributed by atoms with van der Waals surface area (Å²) in [7, 11) is 0. The van der Waals surface area contributed by atoms with Gasteiger partial charge >= 0.3 is 0 Å². The van der Waals surface area contributed by atoms with Crippen molar-refractivity contribution in [2.24, 2.45) is 0 Å². The molecule has 1 saturated carbocycles. The first-order valence-corrected chi connectivity index (χ1v) is 6.70. The molecule has 0 spiro atoms. The molecule has 2 nitrogen and oxygen atoms in total. The van der Waals surface area contributed by atoms with Crippen molar-refractivity contribution in [3.05, 3.63) is 58.0 Å². The van der Waals surface area contributed by atoms with Crippen LogP contribution in [0.4, 0.5) is 4.39 Å². The third-order valence-electron chi connectivity index (χ3n) is 3.24. The third-order valence-corrected chi connectivity index (χ3v) is 4.11. The van der Waals surface area contributed by atoms with Crippen LogP contribution in [-0.2, 0) is 5.54 Å². The molecule has 1 aliphatic rings. The van der Waals surface area contributed by atoms with Gasteiger partial charge in [-0.1, -0.05) is 24.3 Å². The van der Waals surface area contributed by atoms with E-state index in [1.54, 1.807) is 24.3 Å². The zero-order valence-corrected chi connectivity index (χ0v) is 10.5. The van der Waals surface area contributed by atoms with Crippen LogP contribution in [0.15, 0.2) is 41.8 Å². The van der Waals surface area contributed by atoms with E-state index in [2.05, 4.69) is 5.32 Å². The Morgan fingerprint density at radius 1 is 1.22 bits per heavy atom. The highest BCUT2D eigenvalue weighted by molar-refractivity contribution is 7.12. The maximum absolute atomic E-state index is 13.8. The smallest absolute Gasteiger partial charge is 0.262 e. The van der Waals surface area contributed by atoms with E-state index in [4.69, 9.17) is 0 Å². The van der Waals surface area contributed by atoms with Gasteiger partial charge in [0.25, 0.3) is 5.91 Å². The predicted molar refractivity (Wildman–Crippen MR) is 69.1 cm³/mol. The van der Waals surface area contributed by atoms with E-state index in [1.807, 2.05) is 11.4 Å². The summed E-state index contributed by atoms with van der Waals surface area (Å²) in [6.45, 7) is 0. The zero-order chi connectivity index (χ0) is 12.6. The monoisotopic (exact) mass is 261 g/mol. The van der Waals surface area contributed by atoms with Crippen molar-refractivity contribution in [2.45, 2.75) is 18.4 Å². The molecule has 4 heteroatoms. The van der Waals surface area contributed by atoms with Gasteiger partial charge in [0, 0.05) is 5.56 Å². The highest BCUT2D eigenvalue weighted by Crippen LogP contribution is 2.46. The van der Waals surface area contributed by atoms with Gasteiger partial charge in [-0.3, -0.25) is 4.79 Å². The molecule has 18 heavy (non-hydrogen) atoms. The van der Waals surface area contributed by atoms with Crippen molar-refractivity contribution < 1.29 is 9.18 Å². The Labute approximate surface area is 108 Å². The molecule has 1 aliphatic carbocycles. The number of hydrogen-bond donors (Lipinski definition) is 1. The highest BCUT2D eigenvalue weighted by Gasteiger charge is 2.47. The molecule has 1 aromatic heterocycles. The van der Waals surface area contributed by atoms with Gasteiger partial charge in [-0.15, -0.1) is 11.3 Å². The van der Waals surface area contributed by atoms with Crippen LogP contribution < -0.4 is 5.32 Å². The van der Waals surface area contributed by atoms with Crippen molar-refractivity contribution in [1.29, 1.82) is 0 Å². The van der Waals surface area contributed by atoms with Crippen LogP contribution in [0, 0.1) is 5.82 Å². The molecule has 1 heterocycles. The van der Waals surface area contributed by atoms with E-state index in [1.165, 1.54) is 17.4 Å². The van der Waals surface area contributed by atoms with E-state index in [0.717, 1.165) is 12.8 Å². The first-order chi connectivity index (χ1) is 8.71. The average Bonchev–Trinajstić information content (AvgIpc) is 2.94. The Morgan fingerprint density at radius 3 is 2.61 bits per heavy atom. The van der Waals surface area contributed by atoms with Crippen LogP contribution in [0.5, 0.6) is 0 Å². The number of carbonyl (C=O) groups is 1. The summed E-state index contributed by atoms with van der Waals surface area (Å²) >= 11 is 1.39. The van der Waals surface area contributed by atoms with E-state index >= 15 is 0 Å². The van der Waals surface area contributed by atoms with E-state index < -0.39 is 5.54 Å². The minimum Gasteiger partial charge on any atom is -0.342 e. The second kappa shape index (κ2) is 4.21. The van der Waals surface area contributed by atoms with Gasteiger partial charge in [0.15, 0.2) is 0 Å². The predicted octanol–water partition coefficient (Wildman–Crippen LogP) is 3.31. The standard InChI is InChI=1S/C14H12FNOS/c15-11-5-2-1-4-10(11)14(7-8-14)16-13(17)12-6-3-9-18-12/h1-6,9H,7-8H2,(H,16,17). The Hall–Kier alpha value is -1.68. The summed E-state index contributed by atoms with van der Waals surface area (Å²) in [6.07, 6.45) is 1.59. The maximum atomic E-state index is 13.8. The minimum atomic E-state index is -0.494. The van der Waals surface area contributed by atoms with Gasteiger partial charge in [0.05, 0.1) is 10.4 Å². The summed E-state index contributed by atoms with van der Waals surface area (Å²) in [5.74, 6) is -0.368. The number of carbonyl (C=O) groups excluding carboxylic acids is 1. The summed E-state index contributed by atoms with van der Waals surface area (Å²) in [6, 6.07) is 10.3. The number of amides is 1. The van der Waals surface area contributed by atoms with Crippen LogP contribution in [0.1, 0.15) is 28.1 Å². The Balaban J connectivity index is 1.85. The summed E-state index contributed by atoms with van der Waals surface area (Å²) in [5, 5.41) is 4.82. The first-order valence-electron chi connectivity index (χ1n) is 5.82. The molecular formula is C14H12FNOS. The van der Waals surface area contributed by atoms with Crippen molar-refractivity contribution in [3.8, 4) is 0 Å². The van der Waals surface area contributed by atoms with Crippen molar-refractivity contribution in [2.75, 3.05) is 0 Å². The molecule has 0 radical (unpaired) electrons. The van der Waals surface area contributed by atoms with Gasteiger partial charge in [-0.25, -0.2) is 4.39 Å². The van der Waals surface area contributed by atoms with E-state index in [9.17, 15) is 9.18 Å². The lowest BCUT2D eigenvalue weighted by molar-refractivity contribution is 0.0934. The van der Waals surface area contributed by atoms with Crippen LogP contribution in [0.2, 0.25) is 0 Å². The second-order valence-electron chi connectivity index (χ2n) is 4.49. The largest absolute Gasteiger partial charge is 0.342 e. The molecule has 3 rings (SSSR count). The van der Waals surface area contributed by atoms with Crippen LogP contribution >= 0.6 is 11.3 Å². The van der Waals surface area contributed by atoms with Crippen LogP contribution in [0.3, 0.4) is 0 Å². The van der Waals surface area contributed by atoms with Crippen molar-refractivity contribution in [3.63, 3.8) is 0 Å². The minimum absolute atomic E-state index is 0.120. The molecule has 0 aliphatic heterocycles. The number of benzene rings is 1. The second-order valence-corrected chi connectivity index (χ2v) is 5.44. The maximum Gasteiger partial charge on any atom is 0.262 e. The molecule has 1 N–H and O–H groups in total. The van der Waals surface area contributed by atoms with Gasteiger partial charge in [-0.05, 0) is 30.4 Å². The molecule has 92 valence electrons. The number of hydrogen-bond acceptors (Lipinski definition) is 2. The molecular weight excluding hydrogens is 249 g/mol. The van der Waals surface area contributed by atoms with Crippen LogP contribution in [0.25, 0.3) is 0 Å². The Kier molecular flexibility index (Phi) is 2.67. The molecule has 1 fully saturated rings. The van der Waals surface area contributed by atoms with E-state index in [-0.39, 0.29) is 11.7 Å². The molecule has 0 bridgehead atoms. The molecule has 2 aromatic rings. The molecule has 0 unspecified atom stereocenters. The number of halogens is 1. The number of rotatable bonds is 3. The fraction of sp³-hybridized carbons (Fsp3) is 0.214. The van der Waals surface area contributed by atoms with Gasteiger partial charge in [-0.2, -0.15) is 0 Å². The number of nitrogens with one attached hydrogen (secondary N) is 1. The average molecular weight is 261 g/mol. The Morgan fingerprint density at radius 2 is 2.00 bits per heavy atom.